The average molecular weight is 358 g/mol. The Labute approximate surface area is 150 Å². The number of carbonyl (C=O) groups excluding carboxylic acids is 1. The molecule has 0 saturated carbocycles. The van der Waals surface area contributed by atoms with Crippen molar-refractivity contribution in [1.29, 1.82) is 0 Å². The minimum atomic E-state index is 0. The zero-order chi connectivity index (χ0) is 16.5. The highest BCUT2D eigenvalue weighted by atomic mass is 35.5. The third kappa shape index (κ3) is 6.55. The van der Waals surface area contributed by atoms with Gasteiger partial charge in [-0.3, -0.25) is 9.69 Å². The molecule has 0 aromatic heterocycles. The molecule has 0 aliphatic carbocycles. The molecule has 0 bridgehead atoms. The Morgan fingerprint density at radius 3 is 2.58 bits per heavy atom. The second-order valence-corrected chi connectivity index (χ2v) is 5.63. The summed E-state index contributed by atoms with van der Waals surface area (Å²) in [7, 11) is 3.23. The maximum absolute atomic E-state index is 11.9. The van der Waals surface area contributed by atoms with Gasteiger partial charge in [0.15, 0.2) is 11.5 Å². The van der Waals surface area contributed by atoms with Crippen LogP contribution in [0.2, 0.25) is 0 Å². The van der Waals surface area contributed by atoms with Crippen LogP contribution < -0.4 is 20.1 Å². The standard InChI is InChI=1S/C17H27N3O3.ClH/c1-22-15-5-3-14(13-16(15)23-2)4-6-17(21)19-9-12-20-10-7-18-8-11-20;/h3,5,13,18H,4,6-12H2,1-2H3,(H,19,21);1H. The Morgan fingerprint density at radius 2 is 1.92 bits per heavy atom. The summed E-state index contributed by atoms with van der Waals surface area (Å²) in [6.07, 6.45) is 1.18. The summed E-state index contributed by atoms with van der Waals surface area (Å²) in [5.41, 5.74) is 1.07. The van der Waals surface area contributed by atoms with Crippen molar-refractivity contribution in [2.75, 3.05) is 53.5 Å². The van der Waals surface area contributed by atoms with E-state index in [4.69, 9.17) is 9.47 Å². The molecule has 0 atom stereocenters. The molecule has 1 fully saturated rings. The molecule has 1 aliphatic heterocycles. The summed E-state index contributed by atoms with van der Waals surface area (Å²) in [5, 5.41) is 6.32. The predicted molar refractivity (Wildman–Crippen MR) is 97.4 cm³/mol. The van der Waals surface area contributed by atoms with Gasteiger partial charge in [0.05, 0.1) is 14.2 Å². The van der Waals surface area contributed by atoms with Crippen LogP contribution in [0, 0.1) is 0 Å². The molecule has 2 rings (SSSR count). The lowest BCUT2D eigenvalue weighted by Gasteiger charge is -2.27. The lowest BCUT2D eigenvalue weighted by molar-refractivity contribution is -0.121. The van der Waals surface area contributed by atoms with Crippen molar-refractivity contribution in [3.63, 3.8) is 0 Å². The van der Waals surface area contributed by atoms with Crippen LogP contribution >= 0.6 is 12.4 Å². The van der Waals surface area contributed by atoms with Crippen LogP contribution in [0.1, 0.15) is 12.0 Å². The van der Waals surface area contributed by atoms with Gasteiger partial charge in [-0.05, 0) is 24.1 Å². The number of hydrogen-bond donors (Lipinski definition) is 2. The van der Waals surface area contributed by atoms with Crippen molar-refractivity contribution < 1.29 is 14.3 Å². The number of piperazine rings is 1. The summed E-state index contributed by atoms with van der Waals surface area (Å²) in [4.78, 5) is 14.3. The first-order valence-electron chi connectivity index (χ1n) is 8.13. The summed E-state index contributed by atoms with van der Waals surface area (Å²) in [6.45, 7) is 5.82. The van der Waals surface area contributed by atoms with Crippen LogP contribution in [-0.2, 0) is 11.2 Å². The second kappa shape index (κ2) is 11.1. The van der Waals surface area contributed by atoms with Crippen LogP contribution in [0.25, 0.3) is 0 Å². The molecule has 0 radical (unpaired) electrons. The van der Waals surface area contributed by atoms with Crippen molar-refractivity contribution in [1.82, 2.24) is 15.5 Å². The van der Waals surface area contributed by atoms with E-state index in [1.165, 1.54) is 0 Å². The summed E-state index contributed by atoms with van der Waals surface area (Å²) < 4.78 is 10.5. The molecule has 1 saturated heterocycles. The van der Waals surface area contributed by atoms with E-state index in [1.54, 1.807) is 14.2 Å². The Kier molecular flexibility index (Phi) is 9.52. The minimum absolute atomic E-state index is 0. The Bertz CT molecular complexity index is 508. The number of nitrogens with one attached hydrogen (secondary N) is 2. The summed E-state index contributed by atoms with van der Waals surface area (Å²) in [6, 6.07) is 5.76. The lowest BCUT2D eigenvalue weighted by atomic mass is 10.1. The summed E-state index contributed by atoms with van der Waals surface area (Å²) >= 11 is 0. The number of nitrogens with zero attached hydrogens (tertiary/aromatic N) is 1. The van der Waals surface area contributed by atoms with E-state index in [9.17, 15) is 4.79 Å². The van der Waals surface area contributed by atoms with Crippen molar-refractivity contribution >= 4 is 18.3 Å². The third-order valence-electron chi connectivity index (χ3n) is 4.05. The monoisotopic (exact) mass is 357 g/mol. The normalized spacial score (nSPS) is 14.6. The number of amides is 1. The highest BCUT2D eigenvalue weighted by Gasteiger charge is 2.10. The number of halogens is 1. The van der Waals surface area contributed by atoms with Crippen LogP contribution in [0.5, 0.6) is 11.5 Å². The van der Waals surface area contributed by atoms with E-state index < -0.39 is 0 Å². The number of methoxy groups -OCH3 is 2. The van der Waals surface area contributed by atoms with Gasteiger partial charge in [-0.15, -0.1) is 12.4 Å². The fourth-order valence-electron chi connectivity index (χ4n) is 2.67. The van der Waals surface area contributed by atoms with Crippen molar-refractivity contribution in [2.24, 2.45) is 0 Å². The fourth-order valence-corrected chi connectivity index (χ4v) is 2.67. The molecule has 24 heavy (non-hydrogen) atoms. The predicted octanol–water partition coefficient (Wildman–Crippen LogP) is 1.08. The van der Waals surface area contributed by atoms with Gasteiger partial charge in [-0.1, -0.05) is 6.07 Å². The smallest absolute Gasteiger partial charge is 0.220 e. The zero-order valence-corrected chi connectivity index (χ0v) is 15.3. The molecule has 1 aromatic rings. The molecule has 1 aliphatic rings. The number of carbonyl (C=O) groups is 1. The van der Waals surface area contributed by atoms with Crippen molar-refractivity contribution in [3.8, 4) is 11.5 Å². The average Bonchev–Trinajstić information content (AvgIpc) is 2.60. The Hall–Kier alpha value is -1.50. The van der Waals surface area contributed by atoms with Gasteiger partial charge >= 0.3 is 0 Å². The molecule has 136 valence electrons. The van der Waals surface area contributed by atoms with E-state index in [0.717, 1.165) is 38.3 Å². The topological polar surface area (TPSA) is 62.8 Å². The third-order valence-corrected chi connectivity index (χ3v) is 4.05. The molecular weight excluding hydrogens is 330 g/mol. The number of benzene rings is 1. The molecule has 0 spiro atoms. The van der Waals surface area contributed by atoms with Gasteiger partial charge in [0.2, 0.25) is 5.91 Å². The molecule has 0 unspecified atom stereocenters. The minimum Gasteiger partial charge on any atom is -0.493 e. The van der Waals surface area contributed by atoms with E-state index in [2.05, 4.69) is 15.5 Å². The van der Waals surface area contributed by atoms with E-state index in [-0.39, 0.29) is 18.3 Å². The Balaban J connectivity index is 0.00000288. The van der Waals surface area contributed by atoms with Crippen LogP contribution in [0.4, 0.5) is 0 Å². The largest absolute Gasteiger partial charge is 0.493 e. The van der Waals surface area contributed by atoms with Gasteiger partial charge in [0.1, 0.15) is 0 Å². The van der Waals surface area contributed by atoms with E-state index in [0.29, 0.717) is 30.9 Å². The van der Waals surface area contributed by atoms with Gasteiger partial charge in [-0.2, -0.15) is 0 Å². The molecule has 1 amide bonds. The number of ether oxygens (including phenoxy) is 2. The number of aryl methyl sites for hydroxylation is 1. The van der Waals surface area contributed by atoms with Gasteiger partial charge in [-0.25, -0.2) is 0 Å². The van der Waals surface area contributed by atoms with Gasteiger partial charge < -0.3 is 20.1 Å². The Morgan fingerprint density at radius 1 is 1.21 bits per heavy atom. The SMILES string of the molecule is COc1ccc(CCC(=O)NCCN2CCNCC2)cc1OC.Cl. The van der Waals surface area contributed by atoms with Gasteiger partial charge in [0, 0.05) is 45.7 Å². The molecule has 1 aromatic carbocycles. The zero-order valence-electron chi connectivity index (χ0n) is 14.5. The molecule has 6 nitrogen and oxygen atoms in total. The first kappa shape index (κ1) is 20.5. The molecule has 2 N–H and O–H groups in total. The number of rotatable bonds is 8. The second-order valence-electron chi connectivity index (χ2n) is 5.63. The van der Waals surface area contributed by atoms with Crippen LogP contribution in [0.15, 0.2) is 18.2 Å². The van der Waals surface area contributed by atoms with E-state index >= 15 is 0 Å². The highest BCUT2D eigenvalue weighted by Crippen LogP contribution is 2.27. The first-order valence-corrected chi connectivity index (χ1v) is 8.13. The number of hydrogen-bond acceptors (Lipinski definition) is 5. The highest BCUT2D eigenvalue weighted by molar-refractivity contribution is 5.85. The van der Waals surface area contributed by atoms with Crippen molar-refractivity contribution in [3.05, 3.63) is 23.8 Å². The van der Waals surface area contributed by atoms with E-state index in [1.807, 2.05) is 18.2 Å². The first-order chi connectivity index (χ1) is 11.2. The maximum Gasteiger partial charge on any atom is 0.220 e. The molecule has 7 heteroatoms. The van der Waals surface area contributed by atoms with Crippen molar-refractivity contribution in [2.45, 2.75) is 12.8 Å². The molecule has 1 heterocycles. The quantitative estimate of drug-likeness (QED) is 0.729. The molecular formula is C17H28ClN3O3. The fraction of sp³-hybridized carbons (Fsp3) is 0.588. The summed E-state index contributed by atoms with van der Waals surface area (Å²) in [5.74, 6) is 1.50. The van der Waals surface area contributed by atoms with Gasteiger partial charge in [0.25, 0.3) is 0 Å². The lowest BCUT2D eigenvalue weighted by Crippen LogP contribution is -2.46. The van der Waals surface area contributed by atoms with Crippen LogP contribution in [0.3, 0.4) is 0 Å². The van der Waals surface area contributed by atoms with Crippen LogP contribution in [-0.4, -0.2) is 64.3 Å². The maximum atomic E-state index is 11.9.